The maximum absolute atomic E-state index is 12.6. The molecule has 0 saturated heterocycles. The topological polar surface area (TPSA) is 206 Å². The van der Waals surface area contributed by atoms with Gasteiger partial charge >= 0.3 is 19.8 Å². The lowest BCUT2D eigenvalue weighted by molar-refractivity contribution is -0.161. The van der Waals surface area contributed by atoms with Crippen LogP contribution < -0.4 is 0 Å². The fourth-order valence-electron chi connectivity index (χ4n) is 6.45. The van der Waals surface area contributed by atoms with E-state index >= 15 is 0 Å². The van der Waals surface area contributed by atoms with Crippen molar-refractivity contribution in [3.8, 4) is 0 Å². The quantitative estimate of drug-likeness (QED) is 0.0171. The highest BCUT2D eigenvalue weighted by molar-refractivity contribution is 7.47. The molecule has 14 heteroatoms. The molecular weight excluding hydrogens is 815 g/mol. The lowest BCUT2D eigenvalue weighted by Crippen LogP contribution is -2.29. The van der Waals surface area contributed by atoms with E-state index in [0.29, 0.717) is 38.5 Å². The summed E-state index contributed by atoms with van der Waals surface area (Å²) >= 11 is 0. The monoisotopic (exact) mass is 893 g/mol. The zero-order valence-electron chi connectivity index (χ0n) is 37.3. The van der Waals surface area contributed by atoms with Gasteiger partial charge in [-0.3, -0.25) is 23.4 Å². The summed E-state index contributed by atoms with van der Waals surface area (Å²) in [6.07, 6.45) is 37.5. The zero-order valence-corrected chi connectivity index (χ0v) is 38.2. The molecule has 1 fully saturated rings. The van der Waals surface area contributed by atoms with Crippen LogP contribution in [0.2, 0.25) is 0 Å². The molecule has 1 unspecified atom stereocenters. The molecule has 1 aliphatic rings. The number of ketones is 1. The van der Waals surface area contributed by atoms with Gasteiger partial charge < -0.3 is 34.8 Å². The number of Topliss-reactive ketones (excluding diaryl/α,β-unsaturated/α-hetero) is 1. The number of rotatable bonds is 37. The van der Waals surface area contributed by atoms with E-state index < -0.39 is 76.5 Å². The van der Waals surface area contributed by atoms with E-state index in [-0.39, 0.29) is 31.0 Å². The number of esters is 2. The minimum absolute atomic E-state index is 0.00662. The second-order valence-electron chi connectivity index (χ2n) is 15.5. The first-order valence-corrected chi connectivity index (χ1v) is 24.1. The molecule has 0 amide bonds. The standard InChI is InChI=1S/C48H77O13P/c1-3-5-7-8-9-10-11-12-13-14-15-16-17-18-19-20-21-22-28-32-48(55)61-42(39-60-62(56,57)59-37-41(51)36-49)38-58-47(54)31-27-24-23-26-30-43-44(46(53)35-45(43)52)34-33-40(50)29-25-6-4-2/h5,7,9-10,12-13,15-16,18-19,21-22,33-34,40-45,49-52H,3-4,6,8,11,14,17,20,23-32,35-39H2,1-2H3,(H,56,57)/b7-5-,10-9-,13-12-,16-15-,19-18-,22-21-,34-33+/t40-,41-,42+,43+,44+,45-/m0/s1. The normalized spacial score (nSPS) is 19.9. The summed E-state index contributed by atoms with van der Waals surface area (Å²) in [7, 11) is -4.70. The van der Waals surface area contributed by atoms with E-state index in [1.165, 1.54) is 0 Å². The number of allylic oxidation sites excluding steroid dienone is 13. The van der Waals surface area contributed by atoms with Crippen molar-refractivity contribution in [1.82, 2.24) is 0 Å². The molecule has 1 saturated carbocycles. The second-order valence-corrected chi connectivity index (χ2v) is 16.9. The van der Waals surface area contributed by atoms with Crippen LogP contribution in [0.3, 0.4) is 0 Å². The van der Waals surface area contributed by atoms with E-state index in [2.05, 4.69) is 73.1 Å². The predicted octanol–water partition coefficient (Wildman–Crippen LogP) is 8.81. The fourth-order valence-corrected chi connectivity index (χ4v) is 7.24. The van der Waals surface area contributed by atoms with Gasteiger partial charge in [-0.05, 0) is 70.1 Å². The van der Waals surface area contributed by atoms with Gasteiger partial charge in [0.1, 0.15) is 18.5 Å². The van der Waals surface area contributed by atoms with Gasteiger partial charge in [0.15, 0.2) is 6.10 Å². The largest absolute Gasteiger partial charge is 0.472 e. The van der Waals surface area contributed by atoms with Crippen molar-refractivity contribution < 1.29 is 62.8 Å². The Balaban J connectivity index is 2.48. The summed E-state index contributed by atoms with van der Waals surface area (Å²) in [6.45, 7) is 1.79. The van der Waals surface area contributed by atoms with E-state index in [1.807, 2.05) is 18.2 Å². The number of phosphoric acid groups is 1. The first kappa shape index (κ1) is 56.8. The Kier molecular flexibility index (Phi) is 34.0. The molecular formula is C48H77O13P. The van der Waals surface area contributed by atoms with Crippen LogP contribution in [0.15, 0.2) is 85.1 Å². The number of aliphatic hydroxyl groups excluding tert-OH is 4. The molecule has 7 atom stereocenters. The minimum atomic E-state index is -4.70. The van der Waals surface area contributed by atoms with Gasteiger partial charge in [-0.1, -0.05) is 137 Å². The summed E-state index contributed by atoms with van der Waals surface area (Å²) < 4.78 is 32.6. The third-order valence-electron chi connectivity index (χ3n) is 9.95. The van der Waals surface area contributed by atoms with Crippen LogP contribution in [-0.4, -0.2) is 93.9 Å². The summed E-state index contributed by atoms with van der Waals surface area (Å²) in [4.78, 5) is 47.7. The predicted molar refractivity (Wildman–Crippen MR) is 243 cm³/mol. The lowest BCUT2D eigenvalue weighted by Gasteiger charge is -2.20. The van der Waals surface area contributed by atoms with Crippen molar-refractivity contribution in [1.29, 1.82) is 0 Å². The molecule has 62 heavy (non-hydrogen) atoms. The van der Waals surface area contributed by atoms with Crippen molar-refractivity contribution in [2.24, 2.45) is 11.8 Å². The molecule has 5 N–H and O–H groups in total. The number of ether oxygens (including phenoxy) is 2. The maximum atomic E-state index is 12.6. The lowest BCUT2D eigenvalue weighted by atomic mass is 9.88. The molecule has 0 bridgehead atoms. The second kappa shape index (κ2) is 37.1. The van der Waals surface area contributed by atoms with Crippen LogP contribution in [-0.2, 0) is 37.5 Å². The van der Waals surface area contributed by atoms with E-state index in [1.54, 1.807) is 12.2 Å². The Morgan fingerprint density at radius 1 is 0.742 bits per heavy atom. The smallest absolute Gasteiger partial charge is 0.462 e. The number of carbonyl (C=O) groups is 3. The van der Waals surface area contributed by atoms with Crippen molar-refractivity contribution in [2.45, 2.75) is 160 Å². The minimum Gasteiger partial charge on any atom is -0.462 e. The Hall–Kier alpha value is -3.26. The zero-order chi connectivity index (χ0) is 45.7. The van der Waals surface area contributed by atoms with Crippen molar-refractivity contribution in [3.05, 3.63) is 85.1 Å². The fraction of sp³-hybridized carbons (Fsp3) is 0.646. The molecule has 0 aromatic carbocycles. The summed E-state index contributed by atoms with van der Waals surface area (Å²) in [5, 5.41) is 39.1. The van der Waals surface area contributed by atoms with Crippen molar-refractivity contribution in [3.63, 3.8) is 0 Å². The number of carbonyl (C=O) groups excluding carboxylic acids is 3. The van der Waals surface area contributed by atoms with Crippen LogP contribution in [0, 0.1) is 11.8 Å². The van der Waals surface area contributed by atoms with E-state index in [4.69, 9.17) is 19.1 Å². The average molecular weight is 893 g/mol. The highest BCUT2D eigenvalue weighted by Gasteiger charge is 2.39. The number of unbranched alkanes of at least 4 members (excludes halogenated alkanes) is 5. The van der Waals surface area contributed by atoms with Crippen LogP contribution in [0.5, 0.6) is 0 Å². The summed E-state index contributed by atoms with van der Waals surface area (Å²) in [6, 6.07) is 0. The number of phosphoric ester groups is 1. The number of aliphatic hydroxyl groups is 4. The van der Waals surface area contributed by atoms with Crippen LogP contribution in [0.4, 0.5) is 0 Å². The summed E-state index contributed by atoms with van der Waals surface area (Å²) in [5.74, 6) is -1.83. The van der Waals surface area contributed by atoms with Gasteiger partial charge in [0, 0.05) is 25.2 Å². The molecule has 1 rings (SSSR count). The number of hydrogen-bond acceptors (Lipinski definition) is 12. The average Bonchev–Trinajstić information content (AvgIpc) is 3.52. The van der Waals surface area contributed by atoms with Crippen LogP contribution in [0.1, 0.15) is 136 Å². The Labute approximate surface area is 371 Å². The maximum Gasteiger partial charge on any atom is 0.472 e. The van der Waals surface area contributed by atoms with Gasteiger partial charge in [0.2, 0.25) is 0 Å². The Morgan fingerprint density at radius 3 is 1.92 bits per heavy atom. The molecule has 0 aromatic rings. The SMILES string of the molecule is CC/C=C\C/C=C\C/C=C\C/C=C\C/C=C\C/C=C\CCC(=O)O[C@H](COC(=O)CCCCCC[C@H]1[C@@H](O)CC(=O)[C@@H]1/C=C/[C@@H](O)CCCCC)COP(=O)(O)OC[C@@H](O)CO. The third-order valence-corrected chi connectivity index (χ3v) is 10.9. The van der Waals surface area contributed by atoms with Gasteiger partial charge in [-0.15, -0.1) is 0 Å². The molecule has 0 heterocycles. The highest BCUT2D eigenvalue weighted by Crippen LogP contribution is 2.43. The molecule has 0 radical (unpaired) electrons. The number of hydrogen-bond donors (Lipinski definition) is 5. The summed E-state index contributed by atoms with van der Waals surface area (Å²) in [5.41, 5.74) is 0. The molecule has 352 valence electrons. The van der Waals surface area contributed by atoms with E-state index in [9.17, 15) is 39.2 Å². The molecule has 0 aliphatic heterocycles. The Morgan fingerprint density at radius 2 is 1.32 bits per heavy atom. The van der Waals surface area contributed by atoms with Crippen molar-refractivity contribution >= 4 is 25.5 Å². The van der Waals surface area contributed by atoms with Crippen LogP contribution >= 0.6 is 7.82 Å². The highest BCUT2D eigenvalue weighted by atomic mass is 31.2. The Bertz CT molecular complexity index is 1470. The van der Waals surface area contributed by atoms with Gasteiger partial charge in [-0.2, -0.15) is 0 Å². The van der Waals surface area contributed by atoms with Gasteiger partial charge in [0.05, 0.1) is 32.0 Å². The van der Waals surface area contributed by atoms with Gasteiger partial charge in [-0.25, -0.2) is 4.57 Å². The van der Waals surface area contributed by atoms with Crippen LogP contribution in [0.25, 0.3) is 0 Å². The van der Waals surface area contributed by atoms with E-state index in [0.717, 1.165) is 64.2 Å². The molecule has 1 aliphatic carbocycles. The first-order valence-electron chi connectivity index (χ1n) is 22.6. The third kappa shape index (κ3) is 30.7. The first-order chi connectivity index (χ1) is 29.9. The van der Waals surface area contributed by atoms with Crippen molar-refractivity contribution in [2.75, 3.05) is 26.4 Å². The molecule has 0 aromatic heterocycles. The molecule has 13 nitrogen and oxygen atoms in total. The molecule has 0 spiro atoms. The van der Waals surface area contributed by atoms with Gasteiger partial charge in [0.25, 0.3) is 0 Å².